The summed E-state index contributed by atoms with van der Waals surface area (Å²) in [5.41, 5.74) is 3.84. The smallest absolute Gasteiger partial charge is 0.119 e. The summed E-state index contributed by atoms with van der Waals surface area (Å²) in [5, 5.41) is 4.57. The van der Waals surface area contributed by atoms with Gasteiger partial charge in [-0.3, -0.25) is 0 Å². The summed E-state index contributed by atoms with van der Waals surface area (Å²) in [6.07, 6.45) is 10.7. The Kier molecular flexibility index (Phi) is 5.73. The predicted octanol–water partition coefficient (Wildman–Crippen LogP) is 7.13. The topological polar surface area (TPSA) is 21.3 Å². The van der Waals surface area contributed by atoms with Crippen LogP contribution in [0.25, 0.3) is 0 Å². The summed E-state index contributed by atoms with van der Waals surface area (Å²) < 4.78 is 6.03. The number of benzene rings is 2. The molecule has 1 N–H and O–H groups in total. The van der Waals surface area contributed by atoms with Gasteiger partial charge in [0.15, 0.2) is 0 Å². The van der Waals surface area contributed by atoms with Gasteiger partial charge in [0.05, 0.1) is 12.6 Å². The zero-order chi connectivity index (χ0) is 18.6. The van der Waals surface area contributed by atoms with Gasteiger partial charge in [-0.2, -0.15) is 0 Å². The van der Waals surface area contributed by atoms with Crippen molar-refractivity contribution in [1.29, 1.82) is 0 Å². The van der Waals surface area contributed by atoms with Crippen LogP contribution < -0.4 is 10.1 Å². The highest BCUT2D eigenvalue weighted by molar-refractivity contribution is 6.30. The molecule has 1 aliphatic carbocycles. The summed E-state index contributed by atoms with van der Waals surface area (Å²) in [7, 11) is 0. The van der Waals surface area contributed by atoms with E-state index < -0.39 is 0 Å². The minimum absolute atomic E-state index is 0.289. The lowest BCUT2D eigenvalue weighted by molar-refractivity contribution is 0.304. The molecule has 142 valence electrons. The number of hydrogen-bond acceptors (Lipinski definition) is 2. The molecule has 0 aromatic heterocycles. The van der Waals surface area contributed by atoms with E-state index in [1.165, 1.54) is 36.1 Å². The fourth-order valence-electron chi connectivity index (χ4n) is 4.41. The van der Waals surface area contributed by atoms with Crippen LogP contribution in [0.3, 0.4) is 0 Å². The Labute approximate surface area is 167 Å². The number of allylic oxidation sites excluding steroid dienone is 2. The van der Waals surface area contributed by atoms with Gasteiger partial charge >= 0.3 is 0 Å². The molecule has 0 spiro atoms. The standard InChI is InChI=1S/C24H28ClNO/c1-2-3-4-5-14-27-19-12-13-23-22(16-19)20-10-7-11-21(20)24(26-23)17-8-6-9-18(25)15-17/h6-10,12-13,15-16,20-21,24,26H,2-5,11,14H2,1H3. The van der Waals surface area contributed by atoms with Crippen LogP contribution in [0, 0.1) is 5.92 Å². The number of anilines is 1. The number of fused-ring (bicyclic) bond motifs is 3. The van der Waals surface area contributed by atoms with E-state index in [9.17, 15) is 0 Å². The Hall–Kier alpha value is -1.93. The van der Waals surface area contributed by atoms with Crippen molar-refractivity contribution in [3.63, 3.8) is 0 Å². The van der Waals surface area contributed by atoms with Gasteiger partial charge in [-0.05, 0) is 60.2 Å². The number of halogens is 1. The van der Waals surface area contributed by atoms with E-state index in [1.807, 2.05) is 12.1 Å². The van der Waals surface area contributed by atoms with Crippen LogP contribution in [-0.2, 0) is 0 Å². The molecule has 0 bridgehead atoms. The molecule has 3 heteroatoms. The fourth-order valence-corrected chi connectivity index (χ4v) is 4.61. The Bertz CT molecular complexity index is 816. The third-order valence-electron chi connectivity index (χ3n) is 5.81. The lowest BCUT2D eigenvalue weighted by atomic mass is 9.77. The van der Waals surface area contributed by atoms with E-state index >= 15 is 0 Å². The molecule has 0 radical (unpaired) electrons. The number of ether oxygens (including phenoxy) is 1. The first-order valence-corrected chi connectivity index (χ1v) is 10.6. The second kappa shape index (κ2) is 8.39. The molecule has 0 amide bonds. The first kappa shape index (κ1) is 18.4. The first-order valence-electron chi connectivity index (χ1n) is 10.2. The van der Waals surface area contributed by atoms with Gasteiger partial charge in [-0.15, -0.1) is 0 Å². The Balaban J connectivity index is 1.53. The average molecular weight is 382 g/mol. The van der Waals surface area contributed by atoms with E-state index in [1.54, 1.807) is 0 Å². The Morgan fingerprint density at radius 3 is 2.89 bits per heavy atom. The van der Waals surface area contributed by atoms with Crippen molar-refractivity contribution in [2.45, 2.75) is 51.0 Å². The number of nitrogens with one attached hydrogen (secondary N) is 1. The molecule has 3 unspecified atom stereocenters. The molecule has 1 heterocycles. The van der Waals surface area contributed by atoms with Crippen molar-refractivity contribution in [2.24, 2.45) is 5.92 Å². The lowest BCUT2D eigenvalue weighted by Gasteiger charge is -2.37. The van der Waals surface area contributed by atoms with Gasteiger partial charge in [0, 0.05) is 16.6 Å². The van der Waals surface area contributed by atoms with Crippen LogP contribution >= 0.6 is 11.6 Å². The quantitative estimate of drug-likeness (QED) is 0.407. The summed E-state index contributed by atoms with van der Waals surface area (Å²) in [5.74, 6) is 1.96. The highest BCUT2D eigenvalue weighted by atomic mass is 35.5. The van der Waals surface area contributed by atoms with Crippen LogP contribution in [0.5, 0.6) is 5.75 Å². The molecule has 3 atom stereocenters. The molecule has 27 heavy (non-hydrogen) atoms. The van der Waals surface area contributed by atoms with Crippen LogP contribution in [-0.4, -0.2) is 6.61 Å². The van der Waals surface area contributed by atoms with Crippen LogP contribution in [0.2, 0.25) is 5.02 Å². The molecule has 0 fully saturated rings. The normalized spacial score (nSPS) is 22.8. The SMILES string of the molecule is CCCCCCOc1ccc2c(c1)C1C=CCC1C(c1cccc(Cl)c1)N2. The highest BCUT2D eigenvalue weighted by Gasteiger charge is 2.38. The summed E-state index contributed by atoms with van der Waals surface area (Å²) >= 11 is 6.25. The highest BCUT2D eigenvalue weighted by Crippen LogP contribution is 2.50. The second-order valence-corrected chi connectivity index (χ2v) is 8.13. The summed E-state index contributed by atoms with van der Waals surface area (Å²) in [6.45, 7) is 3.04. The molecule has 1 aliphatic heterocycles. The maximum Gasteiger partial charge on any atom is 0.119 e. The summed E-state index contributed by atoms with van der Waals surface area (Å²) in [6, 6.07) is 15.1. The van der Waals surface area contributed by atoms with Gasteiger partial charge < -0.3 is 10.1 Å². The first-order chi connectivity index (χ1) is 13.3. The molecule has 0 saturated carbocycles. The number of rotatable bonds is 7. The molecule has 2 aromatic rings. The molecule has 2 nitrogen and oxygen atoms in total. The van der Waals surface area contributed by atoms with Crippen molar-refractivity contribution < 1.29 is 4.74 Å². The van der Waals surface area contributed by atoms with E-state index in [-0.39, 0.29) is 6.04 Å². The average Bonchev–Trinajstić information content (AvgIpc) is 3.17. The van der Waals surface area contributed by atoms with E-state index in [2.05, 4.69) is 54.7 Å². The largest absolute Gasteiger partial charge is 0.494 e. The number of hydrogen-bond donors (Lipinski definition) is 1. The van der Waals surface area contributed by atoms with E-state index in [4.69, 9.17) is 16.3 Å². The maximum atomic E-state index is 6.25. The molecule has 0 saturated heterocycles. The van der Waals surface area contributed by atoms with Gasteiger partial charge in [0.25, 0.3) is 0 Å². The zero-order valence-corrected chi connectivity index (χ0v) is 16.7. The zero-order valence-electron chi connectivity index (χ0n) is 16.0. The fraction of sp³-hybridized carbons (Fsp3) is 0.417. The van der Waals surface area contributed by atoms with Crippen LogP contribution in [0.1, 0.15) is 62.1 Å². The van der Waals surface area contributed by atoms with Crippen molar-refractivity contribution in [2.75, 3.05) is 11.9 Å². The molecular weight excluding hydrogens is 354 g/mol. The van der Waals surface area contributed by atoms with E-state index in [0.717, 1.165) is 30.2 Å². The molecule has 2 aliphatic rings. The van der Waals surface area contributed by atoms with Crippen LogP contribution in [0.4, 0.5) is 5.69 Å². The minimum Gasteiger partial charge on any atom is -0.494 e. The molecular formula is C24H28ClNO. The van der Waals surface area contributed by atoms with E-state index in [0.29, 0.717) is 11.8 Å². The van der Waals surface area contributed by atoms with Crippen LogP contribution in [0.15, 0.2) is 54.6 Å². The van der Waals surface area contributed by atoms with Gasteiger partial charge in [-0.25, -0.2) is 0 Å². The minimum atomic E-state index is 0.289. The van der Waals surface area contributed by atoms with Gasteiger partial charge in [0.1, 0.15) is 5.75 Å². The summed E-state index contributed by atoms with van der Waals surface area (Å²) in [4.78, 5) is 0. The van der Waals surface area contributed by atoms with Crippen molar-refractivity contribution in [3.05, 3.63) is 70.8 Å². The van der Waals surface area contributed by atoms with Gasteiger partial charge in [0.2, 0.25) is 0 Å². The van der Waals surface area contributed by atoms with Crippen molar-refractivity contribution in [3.8, 4) is 5.75 Å². The molecule has 2 aromatic carbocycles. The Morgan fingerprint density at radius 1 is 1.11 bits per heavy atom. The second-order valence-electron chi connectivity index (χ2n) is 7.69. The maximum absolute atomic E-state index is 6.25. The third-order valence-corrected chi connectivity index (χ3v) is 6.04. The predicted molar refractivity (Wildman–Crippen MR) is 114 cm³/mol. The van der Waals surface area contributed by atoms with Gasteiger partial charge in [-0.1, -0.05) is 62.1 Å². The third kappa shape index (κ3) is 4.01. The Morgan fingerprint density at radius 2 is 2.04 bits per heavy atom. The lowest BCUT2D eigenvalue weighted by Crippen LogP contribution is -2.29. The number of unbranched alkanes of at least 4 members (excludes halogenated alkanes) is 3. The molecule has 4 rings (SSSR count). The monoisotopic (exact) mass is 381 g/mol. The van der Waals surface area contributed by atoms with Crippen molar-refractivity contribution in [1.82, 2.24) is 0 Å². The van der Waals surface area contributed by atoms with Crippen molar-refractivity contribution >= 4 is 17.3 Å².